The van der Waals surface area contributed by atoms with Gasteiger partial charge in [-0.2, -0.15) is 0 Å². The number of rotatable bonds is 5. The molecule has 1 heterocycles. The van der Waals surface area contributed by atoms with Crippen LogP contribution in [0.25, 0.3) is 0 Å². The van der Waals surface area contributed by atoms with Crippen molar-refractivity contribution in [1.82, 2.24) is 4.31 Å². The van der Waals surface area contributed by atoms with Crippen LogP contribution in [-0.2, 0) is 20.6 Å². The van der Waals surface area contributed by atoms with E-state index in [4.69, 9.17) is 0 Å². The minimum atomic E-state index is -3.56. The van der Waals surface area contributed by atoms with Gasteiger partial charge >= 0.3 is 0 Å². The van der Waals surface area contributed by atoms with Crippen molar-refractivity contribution >= 4 is 21.6 Å². The second-order valence-corrected chi connectivity index (χ2v) is 8.91. The first-order valence-corrected chi connectivity index (χ1v) is 10.5. The number of carbonyl (C=O) groups excluding carboxylic acids is 1. The molecule has 1 saturated heterocycles. The van der Waals surface area contributed by atoms with Gasteiger partial charge in [0.2, 0.25) is 15.9 Å². The molecule has 1 atom stereocenters. The maximum Gasteiger partial charge on any atom is 0.228 e. The van der Waals surface area contributed by atoms with E-state index in [2.05, 4.69) is 5.32 Å². The third kappa shape index (κ3) is 5.14. The molecule has 0 aromatic heterocycles. The molecule has 0 radical (unpaired) electrons. The van der Waals surface area contributed by atoms with Gasteiger partial charge in [0.1, 0.15) is 5.82 Å². The highest BCUT2D eigenvalue weighted by atomic mass is 32.2. The Kier molecular flexibility index (Phi) is 5.92. The number of aryl methyl sites for hydroxylation is 1. The monoisotopic (exact) mass is 390 g/mol. The molecule has 1 N–H and O–H groups in total. The molecule has 1 aliphatic heterocycles. The lowest BCUT2D eigenvalue weighted by molar-refractivity contribution is -0.120. The van der Waals surface area contributed by atoms with E-state index >= 15 is 0 Å². The number of amides is 1. The van der Waals surface area contributed by atoms with Crippen molar-refractivity contribution in [3.63, 3.8) is 0 Å². The summed E-state index contributed by atoms with van der Waals surface area (Å²) in [4.78, 5) is 12.6. The lowest BCUT2D eigenvalue weighted by Crippen LogP contribution is -2.44. The smallest absolute Gasteiger partial charge is 0.228 e. The molecule has 0 aliphatic carbocycles. The first-order valence-electron chi connectivity index (χ1n) is 8.93. The zero-order valence-corrected chi connectivity index (χ0v) is 16.0. The minimum Gasteiger partial charge on any atom is -0.326 e. The fraction of sp³-hybridized carbons (Fsp3) is 0.350. The topological polar surface area (TPSA) is 66.5 Å². The van der Waals surface area contributed by atoms with Crippen LogP contribution in [-0.4, -0.2) is 31.7 Å². The molecule has 0 spiro atoms. The van der Waals surface area contributed by atoms with Crippen LogP contribution in [0.2, 0.25) is 0 Å². The van der Waals surface area contributed by atoms with Gasteiger partial charge < -0.3 is 5.32 Å². The van der Waals surface area contributed by atoms with Crippen molar-refractivity contribution in [2.24, 2.45) is 5.92 Å². The second kappa shape index (κ2) is 8.19. The summed E-state index contributed by atoms with van der Waals surface area (Å²) in [6, 6.07) is 12.9. The number of nitrogens with zero attached hydrogens (tertiary/aromatic N) is 1. The van der Waals surface area contributed by atoms with E-state index in [0.29, 0.717) is 30.6 Å². The Hall–Kier alpha value is -2.25. The standard InChI is InChI=1S/C20H23FN2O3S/c1-15-4-2-6-19(12-15)22-20(24)17-5-3-11-23(13-17)27(25,26)14-16-7-9-18(21)10-8-16/h2,4,6-10,12,17H,3,5,11,13-14H2,1H3,(H,22,24)/t17-/m0/s1. The summed E-state index contributed by atoms with van der Waals surface area (Å²) in [6.07, 6.45) is 1.29. The van der Waals surface area contributed by atoms with Crippen LogP contribution in [0.3, 0.4) is 0 Å². The Morgan fingerprint density at radius 1 is 1.22 bits per heavy atom. The van der Waals surface area contributed by atoms with Crippen LogP contribution in [0.1, 0.15) is 24.0 Å². The van der Waals surface area contributed by atoms with Gasteiger partial charge in [-0.05, 0) is 55.2 Å². The van der Waals surface area contributed by atoms with Crippen molar-refractivity contribution < 1.29 is 17.6 Å². The highest BCUT2D eigenvalue weighted by Crippen LogP contribution is 2.23. The molecular formula is C20H23FN2O3S. The molecule has 2 aromatic rings. The van der Waals surface area contributed by atoms with Gasteiger partial charge in [-0.25, -0.2) is 17.1 Å². The molecule has 3 rings (SSSR count). The first-order chi connectivity index (χ1) is 12.8. The van der Waals surface area contributed by atoms with E-state index in [1.54, 1.807) is 0 Å². The molecule has 27 heavy (non-hydrogen) atoms. The lowest BCUT2D eigenvalue weighted by atomic mass is 9.98. The molecule has 0 saturated carbocycles. The number of piperidine rings is 1. The van der Waals surface area contributed by atoms with Crippen molar-refractivity contribution in [3.8, 4) is 0 Å². The molecule has 144 valence electrons. The van der Waals surface area contributed by atoms with Crippen molar-refractivity contribution in [3.05, 3.63) is 65.5 Å². The summed E-state index contributed by atoms with van der Waals surface area (Å²) >= 11 is 0. The minimum absolute atomic E-state index is 0.165. The number of carbonyl (C=O) groups is 1. The Morgan fingerprint density at radius 3 is 2.67 bits per heavy atom. The van der Waals surface area contributed by atoms with E-state index in [9.17, 15) is 17.6 Å². The lowest BCUT2D eigenvalue weighted by Gasteiger charge is -2.31. The van der Waals surface area contributed by atoms with E-state index in [1.165, 1.54) is 28.6 Å². The predicted molar refractivity (Wildman–Crippen MR) is 103 cm³/mol. The van der Waals surface area contributed by atoms with Gasteiger partial charge in [0.05, 0.1) is 11.7 Å². The summed E-state index contributed by atoms with van der Waals surface area (Å²) in [6.45, 7) is 2.51. The third-order valence-electron chi connectivity index (χ3n) is 4.70. The van der Waals surface area contributed by atoms with Crippen LogP contribution in [0.15, 0.2) is 48.5 Å². The van der Waals surface area contributed by atoms with Crippen LogP contribution in [0.4, 0.5) is 10.1 Å². The van der Waals surface area contributed by atoms with Crippen molar-refractivity contribution in [2.45, 2.75) is 25.5 Å². The summed E-state index contributed by atoms with van der Waals surface area (Å²) in [5.41, 5.74) is 2.29. The molecule has 1 fully saturated rings. The average molecular weight is 390 g/mol. The molecule has 0 unspecified atom stereocenters. The van der Waals surface area contributed by atoms with Gasteiger partial charge in [-0.1, -0.05) is 24.3 Å². The fourth-order valence-corrected chi connectivity index (χ4v) is 4.87. The molecule has 5 nitrogen and oxygen atoms in total. The quantitative estimate of drug-likeness (QED) is 0.852. The fourth-order valence-electron chi connectivity index (χ4n) is 3.26. The highest BCUT2D eigenvalue weighted by molar-refractivity contribution is 7.88. The van der Waals surface area contributed by atoms with Gasteiger partial charge in [-0.15, -0.1) is 0 Å². The Bertz CT molecular complexity index is 913. The summed E-state index contributed by atoms with van der Waals surface area (Å²) < 4.78 is 39.8. The van der Waals surface area contributed by atoms with Gasteiger partial charge in [0.25, 0.3) is 0 Å². The van der Waals surface area contributed by atoms with Crippen LogP contribution in [0.5, 0.6) is 0 Å². The van der Waals surface area contributed by atoms with Gasteiger partial charge in [0, 0.05) is 18.8 Å². The number of sulfonamides is 1. The van der Waals surface area contributed by atoms with Gasteiger partial charge in [0.15, 0.2) is 0 Å². The molecular weight excluding hydrogens is 367 g/mol. The number of hydrogen-bond donors (Lipinski definition) is 1. The Morgan fingerprint density at radius 2 is 1.96 bits per heavy atom. The SMILES string of the molecule is Cc1cccc(NC(=O)[C@H]2CCCN(S(=O)(=O)Cc3ccc(F)cc3)C2)c1. The number of hydrogen-bond acceptors (Lipinski definition) is 3. The average Bonchev–Trinajstić information content (AvgIpc) is 2.63. The number of anilines is 1. The Labute approximate surface area is 159 Å². The number of nitrogens with one attached hydrogen (secondary N) is 1. The molecule has 7 heteroatoms. The molecule has 0 bridgehead atoms. The molecule has 1 amide bonds. The van der Waals surface area contributed by atoms with E-state index in [0.717, 1.165) is 5.56 Å². The number of benzene rings is 2. The van der Waals surface area contributed by atoms with Gasteiger partial charge in [-0.3, -0.25) is 4.79 Å². The summed E-state index contributed by atoms with van der Waals surface area (Å²) in [5, 5.41) is 2.88. The van der Waals surface area contributed by atoms with E-state index in [1.807, 2.05) is 31.2 Å². The van der Waals surface area contributed by atoms with E-state index < -0.39 is 15.8 Å². The largest absolute Gasteiger partial charge is 0.326 e. The maximum absolute atomic E-state index is 13.0. The summed E-state index contributed by atoms with van der Waals surface area (Å²) in [5.74, 6) is -1.15. The highest BCUT2D eigenvalue weighted by Gasteiger charge is 2.32. The third-order valence-corrected chi connectivity index (χ3v) is 6.51. The number of halogens is 1. The molecule has 1 aliphatic rings. The predicted octanol–water partition coefficient (Wildman–Crippen LogP) is 3.31. The zero-order valence-electron chi connectivity index (χ0n) is 15.2. The van der Waals surface area contributed by atoms with Crippen LogP contribution >= 0.6 is 0 Å². The zero-order chi connectivity index (χ0) is 19.4. The van der Waals surface area contributed by atoms with Crippen LogP contribution in [0, 0.1) is 18.7 Å². The van der Waals surface area contributed by atoms with Crippen molar-refractivity contribution in [2.75, 3.05) is 18.4 Å². The van der Waals surface area contributed by atoms with E-state index in [-0.39, 0.29) is 24.1 Å². The molecule has 2 aromatic carbocycles. The second-order valence-electron chi connectivity index (χ2n) is 6.94. The summed E-state index contributed by atoms with van der Waals surface area (Å²) in [7, 11) is -3.56. The van der Waals surface area contributed by atoms with Crippen LogP contribution < -0.4 is 5.32 Å². The maximum atomic E-state index is 13.0. The normalized spacial score (nSPS) is 18.2. The van der Waals surface area contributed by atoms with Crippen molar-refractivity contribution in [1.29, 1.82) is 0 Å². The first kappa shape index (κ1) is 19.5. The Balaban J connectivity index is 1.65.